The zero-order valence-electron chi connectivity index (χ0n) is 9.57. The summed E-state index contributed by atoms with van der Waals surface area (Å²) in [7, 11) is 0. The SMILES string of the molecule is CC(C)c1cc(C(C)(C)N)c(F)cc1F. The molecule has 0 aliphatic carbocycles. The third kappa shape index (κ3) is 2.53. The van der Waals surface area contributed by atoms with Crippen LogP contribution in [0.25, 0.3) is 0 Å². The highest BCUT2D eigenvalue weighted by Crippen LogP contribution is 2.27. The van der Waals surface area contributed by atoms with Crippen LogP contribution in [-0.4, -0.2) is 0 Å². The molecule has 0 saturated carbocycles. The molecule has 0 bridgehead atoms. The number of halogens is 2. The second-order valence-corrected chi connectivity index (χ2v) is 4.73. The molecule has 2 N–H and O–H groups in total. The minimum atomic E-state index is -0.790. The van der Waals surface area contributed by atoms with Crippen LogP contribution in [0.4, 0.5) is 8.78 Å². The van der Waals surface area contributed by atoms with E-state index in [4.69, 9.17) is 5.73 Å². The van der Waals surface area contributed by atoms with E-state index >= 15 is 0 Å². The van der Waals surface area contributed by atoms with Crippen molar-refractivity contribution in [2.75, 3.05) is 0 Å². The Kier molecular flexibility index (Phi) is 3.14. The fourth-order valence-electron chi connectivity index (χ4n) is 1.50. The minimum absolute atomic E-state index is 0.0201. The van der Waals surface area contributed by atoms with E-state index in [0.717, 1.165) is 6.07 Å². The molecule has 15 heavy (non-hydrogen) atoms. The van der Waals surface area contributed by atoms with Crippen LogP contribution in [0.5, 0.6) is 0 Å². The summed E-state index contributed by atoms with van der Waals surface area (Å²) in [5, 5.41) is 0. The molecule has 0 spiro atoms. The van der Waals surface area contributed by atoms with Crippen LogP contribution in [0.15, 0.2) is 12.1 Å². The average Bonchev–Trinajstić information content (AvgIpc) is 2.00. The lowest BCUT2D eigenvalue weighted by Crippen LogP contribution is -2.30. The first kappa shape index (κ1) is 12.1. The summed E-state index contributed by atoms with van der Waals surface area (Å²) in [6.07, 6.45) is 0. The van der Waals surface area contributed by atoms with Crippen molar-refractivity contribution in [3.8, 4) is 0 Å². The lowest BCUT2D eigenvalue weighted by Gasteiger charge is -2.22. The van der Waals surface area contributed by atoms with Gasteiger partial charge in [-0.1, -0.05) is 13.8 Å². The summed E-state index contributed by atoms with van der Waals surface area (Å²) in [4.78, 5) is 0. The van der Waals surface area contributed by atoms with Gasteiger partial charge in [-0.2, -0.15) is 0 Å². The lowest BCUT2D eigenvalue weighted by molar-refractivity contribution is 0.488. The summed E-state index contributed by atoms with van der Waals surface area (Å²) in [6.45, 7) is 7.13. The molecule has 3 heteroatoms. The van der Waals surface area contributed by atoms with Gasteiger partial charge in [0.05, 0.1) is 0 Å². The summed E-state index contributed by atoms with van der Waals surface area (Å²) in [6, 6.07) is 2.44. The Morgan fingerprint density at radius 3 is 2.07 bits per heavy atom. The van der Waals surface area contributed by atoms with Crippen LogP contribution in [0.1, 0.15) is 44.7 Å². The Bertz CT molecular complexity index is 365. The van der Waals surface area contributed by atoms with Crippen LogP contribution in [0.3, 0.4) is 0 Å². The van der Waals surface area contributed by atoms with Crippen LogP contribution < -0.4 is 5.73 Å². The Labute approximate surface area is 89.3 Å². The van der Waals surface area contributed by atoms with Gasteiger partial charge in [0.1, 0.15) is 11.6 Å². The van der Waals surface area contributed by atoms with E-state index < -0.39 is 17.2 Å². The Balaban J connectivity index is 3.37. The third-order valence-corrected chi connectivity index (χ3v) is 2.40. The predicted octanol–water partition coefficient (Wildman–Crippen LogP) is 3.28. The molecule has 1 aromatic carbocycles. The smallest absolute Gasteiger partial charge is 0.131 e. The quantitative estimate of drug-likeness (QED) is 0.801. The number of nitrogens with two attached hydrogens (primary N) is 1. The van der Waals surface area contributed by atoms with Gasteiger partial charge in [0.15, 0.2) is 0 Å². The molecule has 0 heterocycles. The van der Waals surface area contributed by atoms with Crippen molar-refractivity contribution in [3.05, 3.63) is 34.9 Å². The average molecular weight is 213 g/mol. The molecular weight excluding hydrogens is 196 g/mol. The molecule has 0 amide bonds. The first-order valence-electron chi connectivity index (χ1n) is 5.01. The van der Waals surface area contributed by atoms with E-state index in [1.807, 2.05) is 13.8 Å². The normalized spacial score (nSPS) is 12.3. The summed E-state index contributed by atoms with van der Waals surface area (Å²) < 4.78 is 26.9. The van der Waals surface area contributed by atoms with E-state index in [2.05, 4.69) is 0 Å². The molecule has 0 aliphatic rings. The standard InChI is InChI=1S/C12H17F2N/c1-7(2)8-5-9(12(3,4)15)11(14)6-10(8)13/h5-7H,15H2,1-4H3. The van der Waals surface area contributed by atoms with Crippen molar-refractivity contribution < 1.29 is 8.78 Å². The molecule has 84 valence electrons. The topological polar surface area (TPSA) is 26.0 Å². The van der Waals surface area contributed by atoms with Gasteiger partial charge in [-0.3, -0.25) is 0 Å². The van der Waals surface area contributed by atoms with Crippen molar-refractivity contribution in [2.24, 2.45) is 5.73 Å². The van der Waals surface area contributed by atoms with Gasteiger partial charge in [-0.25, -0.2) is 8.78 Å². The third-order valence-electron chi connectivity index (χ3n) is 2.40. The molecule has 0 aromatic heterocycles. The van der Waals surface area contributed by atoms with E-state index in [0.29, 0.717) is 11.1 Å². The Morgan fingerprint density at radius 2 is 1.67 bits per heavy atom. The zero-order valence-corrected chi connectivity index (χ0v) is 9.57. The van der Waals surface area contributed by atoms with Crippen molar-refractivity contribution in [2.45, 2.75) is 39.2 Å². The number of benzene rings is 1. The summed E-state index contributed by atoms with van der Waals surface area (Å²) in [5.74, 6) is -1.06. The van der Waals surface area contributed by atoms with Gasteiger partial charge in [0, 0.05) is 17.2 Å². The molecule has 0 unspecified atom stereocenters. The van der Waals surface area contributed by atoms with Crippen LogP contribution in [-0.2, 0) is 5.54 Å². The largest absolute Gasteiger partial charge is 0.322 e. The van der Waals surface area contributed by atoms with Gasteiger partial charge >= 0.3 is 0 Å². The number of hydrogen-bond acceptors (Lipinski definition) is 1. The first-order valence-corrected chi connectivity index (χ1v) is 5.01. The monoisotopic (exact) mass is 213 g/mol. The Morgan fingerprint density at radius 1 is 1.13 bits per heavy atom. The molecule has 0 radical (unpaired) electrons. The molecular formula is C12H17F2N. The van der Waals surface area contributed by atoms with Crippen LogP contribution in [0, 0.1) is 11.6 Å². The van der Waals surface area contributed by atoms with Gasteiger partial charge in [0.25, 0.3) is 0 Å². The van der Waals surface area contributed by atoms with E-state index in [-0.39, 0.29) is 5.92 Å². The second kappa shape index (κ2) is 3.89. The fourth-order valence-corrected chi connectivity index (χ4v) is 1.50. The highest BCUT2D eigenvalue weighted by Gasteiger charge is 2.22. The van der Waals surface area contributed by atoms with Gasteiger partial charge in [-0.05, 0) is 31.4 Å². The molecule has 0 saturated heterocycles. The molecule has 1 nitrogen and oxygen atoms in total. The van der Waals surface area contributed by atoms with E-state index in [9.17, 15) is 8.78 Å². The van der Waals surface area contributed by atoms with Crippen molar-refractivity contribution in [1.82, 2.24) is 0 Å². The van der Waals surface area contributed by atoms with Crippen molar-refractivity contribution in [3.63, 3.8) is 0 Å². The highest BCUT2D eigenvalue weighted by molar-refractivity contribution is 5.32. The van der Waals surface area contributed by atoms with Crippen molar-refractivity contribution >= 4 is 0 Å². The molecule has 1 rings (SSSR count). The minimum Gasteiger partial charge on any atom is -0.322 e. The fraction of sp³-hybridized carbons (Fsp3) is 0.500. The number of rotatable bonds is 2. The predicted molar refractivity (Wildman–Crippen MR) is 57.7 cm³/mol. The van der Waals surface area contributed by atoms with Gasteiger partial charge in [-0.15, -0.1) is 0 Å². The molecule has 0 aliphatic heterocycles. The van der Waals surface area contributed by atoms with Gasteiger partial charge in [0.2, 0.25) is 0 Å². The van der Waals surface area contributed by atoms with Crippen molar-refractivity contribution in [1.29, 1.82) is 0 Å². The first-order chi connectivity index (χ1) is 6.73. The molecule has 0 fully saturated rings. The van der Waals surface area contributed by atoms with E-state index in [1.165, 1.54) is 6.07 Å². The second-order valence-electron chi connectivity index (χ2n) is 4.73. The van der Waals surface area contributed by atoms with Gasteiger partial charge < -0.3 is 5.73 Å². The maximum Gasteiger partial charge on any atom is 0.131 e. The Hall–Kier alpha value is -0.960. The summed E-state index contributed by atoms with van der Waals surface area (Å²) >= 11 is 0. The maximum atomic E-state index is 13.5. The van der Waals surface area contributed by atoms with Crippen LogP contribution >= 0.6 is 0 Å². The highest BCUT2D eigenvalue weighted by atomic mass is 19.1. The lowest BCUT2D eigenvalue weighted by atomic mass is 9.90. The molecule has 1 aromatic rings. The van der Waals surface area contributed by atoms with E-state index in [1.54, 1.807) is 13.8 Å². The molecule has 0 atom stereocenters. The van der Waals surface area contributed by atoms with Crippen LogP contribution in [0.2, 0.25) is 0 Å². The number of hydrogen-bond donors (Lipinski definition) is 1. The summed E-state index contributed by atoms with van der Waals surface area (Å²) in [5.41, 5.74) is 5.88. The maximum absolute atomic E-state index is 13.5. The zero-order chi connectivity index (χ0) is 11.8.